The summed E-state index contributed by atoms with van der Waals surface area (Å²) in [6.45, 7) is 6.07. The number of hydrogen-bond acceptors (Lipinski definition) is 1. The lowest BCUT2D eigenvalue weighted by atomic mass is 10.1. The number of rotatable bonds is 2. The topological polar surface area (TPSA) is 41.1 Å². The van der Waals surface area contributed by atoms with Crippen molar-refractivity contribution in [3.63, 3.8) is 0 Å². The second-order valence-corrected chi connectivity index (χ2v) is 4.75. The molecule has 2 aromatic rings. The van der Waals surface area contributed by atoms with E-state index in [0.29, 0.717) is 0 Å². The summed E-state index contributed by atoms with van der Waals surface area (Å²) >= 11 is 0. The molecule has 2 amide bonds. The van der Waals surface area contributed by atoms with Crippen LogP contribution in [0.1, 0.15) is 16.7 Å². The molecule has 0 aromatic heterocycles. The molecule has 0 radical (unpaired) electrons. The number of hydrogen-bond donors (Lipinski definition) is 2. The molecule has 3 nitrogen and oxygen atoms in total. The molecule has 0 aliphatic heterocycles. The summed E-state index contributed by atoms with van der Waals surface area (Å²) in [5, 5.41) is 5.64. The van der Waals surface area contributed by atoms with E-state index in [1.807, 2.05) is 63.2 Å². The highest BCUT2D eigenvalue weighted by molar-refractivity contribution is 5.99. The fourth-order valence-corrected chi connectivity index (χ4v) is 1.84. The smallest absolute Gasteiger partial charge is 0.308 e. The Kier molecular flexibility index (Phi) is 3.85. The summed E-state index contributed by atoms with van der Waals surface area (Å²) in [4.78, 5) is 11.9. The van der Waals surface area contributed by atoms with Crippen molar-refractivity contribution < 1.29 is 4.79 Å². The summed E-state index contributed by atoms with van der Waals surface area (Å²) < 4.78 is 0. The van der Waals surface area contributed by atoms with Gasteiger partial charge in [-0.3, -0.25) is 0 Å². The van der Waals surface area contributed by atoms with Gasteiger partial charge in [0.15, 0.2) is 0 Å². The first kappa shape index (κ1) is 13.1. The van der Waals surface area contributed by atoms with Crippen LogP contribution in [0.5, 0.6) is 0 Å². The molecule has 98 valence electrons. The highest BCUT2D eigenvalue weighted by Gasteiger charge is 2.03. The van der Waals surface area contributed by atoms with Crippen LogP contribution in [-0.4, -0.2) is 6.03 Å². The number of nitrogens with one attached hydrogen (secondary N) is 2. The minimum Gasteiger partial charge on any atom is -0.308 e. The van der Waals surface area contributed by atoms with Crippen molar-refractivity contribution in [3.05, 3.63) is 59.2 Å². The molecule has 0 bridgehead atoms. The lowest BCUT2D eigenvalue weighted by Crippen LogP contribution is -2.19. The normalized spacial score (nSPS) is 10.1. The van der Waals surface area contributed by atoms with E-state index in [-0.39, 0.29) is 6.03 Å². The average Bonchev–Trinajstić information content (AvgIpc) is 2.34. The molecule has 0 heterocycles. The highest BCUT2D eigenvalue weighted by Crippen LogP contribution is 2.15. The van der Waals surface area contributed by atoms with Crippen LogP contribution in [0.2, 0.25) is 0 Å². The zero-order valence-electron chi connectivity index (χ0n) is 11.4. The lowest BCUT2D eigenvalue weighted by Gasteiger charge is -2.09. The van der Waals surface area contributed by atoms with Gasteiger partial charge in [-0.1, -0.05) is 18.2 Å². The zero-order valence-corrected chi connectivity index (χ0v) is 11.4. The maximum absolute atomic E-state index is 11.9. The molecule has 3 heteroatoms. The van der Waals surface area contributed by atoms with Gasteiger partial charge >= 0.3 is 6.03 Å². The third-order valence-corrected chi connectivity index (χ3v) is 3.04. The summed E-state index contributed by atoms with van der Waals surface area (Å²) in [5.74, 6) is 0. The van der Waals surface area contributed by atoms with Crippen molar-refractivity contribution in [2.75, 3.05) is 10.6 Å². The van der Waals surface area contributed by atoms with Gasteiger partial charge in [-0.25, -0.2) is 4.79 Å². The van der Waals surface area contributed by atoms with Gasteiger partial charge in [-0.15, -0.1) is 0 Å². The quantitative estimate of drug-likeness (QED) is 0.826. The fraction of sp³-hybridized carbons (Fsp3) is 0.188. The zero-order chi connectivity index (χ0) is 13.8. The number of anilines is 2. The predicted octanol–water partition coefficient (Wildman–Crippen LogP) is 4.26. The molecule has 0 saturated carbocycles. The van der Waals surface area contributed by atoms with Crippen molar-refractivity contribution in [2.45, 2.75) is 20.8 Å². The number of aryl methyl sites for hydroxylation is 3. The molecular weight excluding hydrogens is 236 g/mol. The van der Waals surface area contributed by atoms with E-state index in [2.05, 4.69) is 10.6 Å². The van der Waals surface area contributed by atoms with E-state index in [0.717, 1.165) is 22.5 Å². The Hall–Kier alpha value is -2.29. The standard InChI is InChI=1S/C16H18N2O/c1-11-5-4-6-14(9-11)17-16(19)18-15-8-7-12(2)13(3)10-15/h4-10H,1-3H3,(H2,17,18,19). The van der Waals surface area contributed by atoms with E-state index in [1.54, 1.807) is 0 Å². The molecule has 0 unspecified atom stereocenters. The van der Waals surface area contributed by atoms with Crippen molar-refractivity contribution in [3.8, 4) is 0 Å². The third-order valence-electron chi connectivity index (χ3n) is 3.04. The molecule has 0 fully saturated rings. The molecule has 19 heavy (non-hydrogen) atoms. The first-order chi connectivity index (χ1) is 9.04. The van der Waals surface area contributed by atoms with Crippen LogP contribution in [-0.2, 0) is 0 Å². The lowest BCUT2D eigenvalue weighted by molar-refractivity contribution is 0.262. The van der Waals surface area contributed by atoms with Gasteiger partial charge < -0.3 is 10.6 Å². The fourth-order valence-electron chi connectivity index (χ4n) is 1.84. The van der Waals surface area contributed by atoms with Crippen LogP contribution in [0.4, 0.5) is 16.2 Å². The average molecular weight is 254 g/mol. The second kappa shape index (κ2) is 5.57. The molecule has 2 rings (SSSR count). The SMILES string of the molecule is Cc1cccc(NC(=O)Nc2ccc(C)c(C)c2)c1. The van der Waals surface area contributed by atoms with E-state index >= 15 is 0 Å². The van der Waals surface area contributed by atoms with Crippen LogP contribution in [0.3, 0.4) is 0 Å². The number of benzene rings is 2. The van der Waals surface area contributed by atoms with Gasteiger partial charge in [-0.2, -0.15) is 0 Å². The summed E-state index contributed by atoms with van der Waals surface area (Å²) in [6, 6.07) is 13.3. The van der Waals surface area contributed by atoms with Crippen LogP contribution >= 0.6 is 0 Å². The van der Waals surface area contributed by atoms with E-state index in [9.17, 15) is 4.79 Å². The second-order valence-electron chi connectivity index (χ2n) is 4.75. The summed E-state index contributed by atoms with van der Waals surface area (Å²) in [5.41, 5.74) is 5.08. The summed E-state index contributed by atoms with van der Waals surface area (Å²) in [7, 11) is 0. The molecule has 0 aliphatic carbocycles. The van der Waals surface area contributed by atoms with Crippen molar-refractivity contribution in [2.24, 2.45) is 0 Å². The van der Waals surface area contributed by atoms with Crippen molar-refractivity contribution in [1.29, 1.82) is 0 Å². The van der Waals surface area contributed by atoms with E-state index in [1.165, 1.54) is 5.56 Å². The Labute approximate surface area is 113 Å². The molecule has 0 atom stereocenters. The minimum absolute atomic E-state index is 0.228. The monoisotopic (exact) mass is 254 g/mol. The molecule has 2 aromatic carbocycles. The first-order valence-electron chi connectivity index (χ1n) is 6.26. The highest BCUT2D eigenvalue weighted by atomic mass is 16.2. The van der Waals surface area contributed by atoms with Gasteiger partial charge in [0.2, 0.25) is 0 Å². The van der Waals surface area contributed by atoms with E-state index < -0.39 is 0 Å². The Morgan fingerprint density at radius 2 is 1.53 bits per heavy atom. The van der Waals surface area contributed by atoms with Crippen molar-refractivity contribution >= 4 is 17.4 Å². The Balaban J connectivity index is 2.03. The molecule has 2 N–H and O–H groups in total. The molecule has 0 spiro atoms. The largest absolute Gasteiger partial charge is 0.323 e. The molecular formula is C16H18N2O. The maximum atomic E-state index is 11.9. The number of amides is 2. The summed E-state index contributed by atoms with van der Waals surface area (Å²) in [6.07, 6.45) is 0. The van der Waals surface area contributed by atoms with Crippen LogP contribution in [0.25, 0.3) is 0 Å². The van der Waals surface area contributed by atoms with Gasteiger partial charge in [0, 0.05) is 11.4 Å². The number of carbonyl (C=O) groups excluding carboxylic acids is 1. The van der Waals surface area contributed by atoms with Gasteiger partial charge in [-0.05, 0) is 61.7 Å². The Morgan fingerprint density at radius 1 is 0.842 bits per heavy atom. The van der Waals surface area contributed by atoms with E-state index in [4.69, 9.17) is 0 Å². The van der Waals surface area contributed by atoms with Crippen LogP contribution in [0, 0.1) is 20.8 Å². The minimum atomic E-state index is -0.228. The van der Waals surface area contributed by atoms with Crippen molar-refractivity contribution in [1.82, 2.24) is 0 Å². The molecule has 0 aliphatic rings. The predicted molar refractivity (Wildman–Crippen MR) is 79.7 cm³/mol. The molecule has 0 saturated heterocycles. The third kappa shape index (κ3) is 3.58. The number of urea groups is 1. The van der Waals surface area contributed by atoms with Gasteiger partial charge in [0.25, 0.3) is 0 Å². The van der Waals surface area contributed by atoms with Crippen LogP contribution in [0.15, 0.2) is 42.5 Å². The van der Waals surface area contributed by atoms with Crippen LogP contribution < -0.4 is 10.6 Å². The van der Waals surface area contributed by atoms with Gasteiger partial charge in [0.05, 0.1) is 0 Å². The maximum Gasteiger partial charge on any atom is 0.323 e. The Morgan fingerprint density at radius 3 is 2.16 bits per heavy atom. The first-order valence-corrected chi connectivity index (χ1v) is 6.26. The number of carbonyl (C=O) groups is 1. The van der Waals surface area contributed by atoms with Gasteiger partial charge in [0.1, 0.15) is 0 Å². The Bertz CT molecular complexity index is 605.